The molecule has 0 atom stereocenters. The van der Waals surface area contributed by atoms with Crippen LogP contribution >= 0.6 is 0 Å². The molecular formula is C18H32N4O4S. The lowest BCUT2D eigenvalue weighted by molar-refractivity contribution is 0.145. The number of nitrogens with one attached hydrogen (secondary N) is 3. The molecule has 0 aromatic heterocycles. The number of methoxy groups -OCH3 is 1. The standard InChI is InChI=1S/C18H32N4O4S/c1-4-26-14-6-11-19-18(20-12-13-22-27(23,24)5-2)21-15-16-7-9-17(25-3)10-8-16/h7-10,22H,4-6,11-15H2,1-3H3,(H2,19,20,21). The maximum atomic E-state index is 11.5. The van der Waals surface area contributed by atoms with Crippen molar-refractivity contribution in [1.29, 1.82) is 0 Å². The summed E-state index contributed by atoms with van der Waals surface area (Å²) in [6.45, 7) is 6.93. The molecule has 0 fully saturated rings. The lowest BCUT2D eigenvalue weighted by Gasteiger charge is -2.13. The fourth-order valence-electron chi connectivity index (χ4n) is 2.09. The molecular weight excluding hydrogens is 368 g/mol. The van der Waals surface area contributed by atoms with Crippen LogP contribution in [0.4, 0.5) is 0 Å². The highest BCUT2D eigenvalue weighted by molar-refractivity contribution is 7.89. The number of ether oxygens (including phenoxy) is 2. The molecule has 0 amide bonds. The number of rotatable bonds is 13. The van der Waals surface area contributed by atoms with Gasteiger partial charge in [0.25, 0.3) is 0 Å². The Balaban J connectivity index is 2.54. The van der Waals surface area contributed by atoms with Gasteiger partial charge in [-0.05, 0) is 38.0 Å². The first-order valence-corrected chi connectivity index (χ1v) is 10.9. The maximum absolute atomic E-state index is 11.5. The van der Waals surface area contributed by atoms with Gasteiger partial charge in [-0.3, -0.25) is 0 Å². The van der Waals surface area contributed by atoms with Gasteiger partial charge in [-0.25, -0.2) is 18.1 Å². The van der Waals surface area contributed by atoms with Gasteiger partial charge in [0.05, 0.1) is 19.4 Å². The molecule has 1 aromatic rings. The zero-order valence-corrected chi connectivity index (χ0v) is 17.3. The van der Waals surface area contributed by atoms with Crippen LogP contribution in [0.3, 0.4) is 0 Å². The van der Waals surface area contributed by atoms with E-state index in [1.807, 2.05) is 31.2 Å². The molecule has 27 heavy (non-hydrogen) atoms. The maximum Gasteiger partial charge on any atom is 0.211 e. The topological polar surface area (TPSA) is 101 Å². The van der Waals surface area contributed by atoms with Crippen LogP contribution in [-0.2, 0) is 21.3 Å². The molecule has 0 spiro atoms. The third-order valence-electron chi connectivity index (χ3n) is 3.66. The van der Waals surface area contributed by atoms with E-state index < -0.39 is 10.0 Å². The van der Waals surface area contributed by atoms with E-state index in [0.717, 1.165) is 24.3 Å². The molecule has 1 aromatic carbocycles. The van der Waals surface area contributed by atoms with Gasteiger partial charge in [-0.15, -0.1) is 0 Å². The van der Waals surface area contributed by atoms with Crippen molar-refractivity contribution in [3.05, 3.63) is 29.8 Å². The predicted molar refractivity (Wildman–Crippen MR) is 109 cm³/mol. The zero-order chi connectivity index (χ0) is 20.0. The largest absolute Gasteiger partial charge is 0.497 e. The molecule has 0 saturated heterocycles. The van der Waals surface area contributed by atoms with Crippen LogP contribution in [0, 0.1) is 0 Å². The van der Waals surface area contributed by atoms with Crippen LogP contribution in [0.25, 0.3) is 0 Å². The Bertz CT molecular complexity index is 648. The summed E-state index contributed by atoms with van der Waals surface area (Å²) in [4.78, 5) is 4.56. The molecule has 0 unspecified atom stereocenters. The van der Waals surface area contributed by atoms with E-state index in [2.05, 4.69) is 20.3 Å². The van der Waals surface area contributed by atoms with E-state index in [1.165, 1.54) is 0 Å². The fraction of sp³-hybridized carbons (Fsp3) is 0.611. The number of guanidine groups is 1. The average Bonchev–Trinajstić information content (AvgIpc) is 2.68. The van der Waals surface area contributed by atoms with Crippen molar-refractivity contribution in [2.45, 2.75) is 26.8 Å². The van der Waals surface area contributed by atoms with Gasteiger partial charge in [-0.2, -0.15) is 0 Å². The third-order valence-corrected chi connectivity index (χ3v) is 5.06. The number of aliphatic imine (C=N–C) groups is 1. The molecule has 8 nitrogen and oxygen atoms in total. The first-order valence-electron chi connectivity index (χ1n) is 9.21. The van der Waals surface area contributed by atoms with Crippen molar-refractivity contribution in [1.82, 2.24) is 15.4 Å². The smallest absolute Gasteiger partial charge is 0.211 e. The minimum Gasteiger partial charge on any atom is -0.497 e. The molecule has 0 saturated carbocycles. The Kier molecular flexibility index (Phi) is 11.5. The Morgan fingerprint density at radius 2 is 1.78 bits per heavy atom. The van der Waals surface area contributed by atoms with Gasteiger partial charge in [0.15, 0.2) is 5.96 Å². The first kappa shape index (κ1) is 23.2. The van der Waals surface area contributed by atoms with Crippen LogP contribution in [0.1, 0.15) is 25.8 Å². The Morgan fingerprint density at radius 1 is 1.07 bits per heavy atom. The normalized spacial score (nSPS) is 12.0. The number of hydrogen-bond donors (Lipinski definition) is 3. The summed E-state index contributed by atoms with van der Waals surface area (Å²) in [5.41, 5.74) is 1.05. The summed E-state index contributed by atoms with van der Waals surface area (Å²) in [6, 6.07) is 7.72. The number of hydrogen-bond acceptors (Lipinski definition) is 5. The van der Waals surface area contributed by atoms with Gasteiger partial charge < -0.3 is 20.1 Å². The van der Waals surface area contributed by atoms with Crippen LogP contribution < -0.4 is 20.1 Å². The SMILES string of the molecule is CCOCCCNC(=NCc1ccc(OC)cc1)NCCNS(=O)(=O)CC. The van der Waals surface area contributed by atoms with Crippen LogP contribution in [-0.4, -0.2) is 60.1 Å². The van der Waals surface area contributed by atoms with Gasteiger partial charge in [0.2, 0.25) is 10.0 Å². The summed E-state index contributed by atoms with van der Waals surface area (Å²) >= 11 is 0. The summed E-state index contributed by atoms with van der Waals surface area (Å²) in [7, 11) is -1.55. The summed E-state index contributed by atoms with van der Waals surface area (Å²) < 4.78 is 35.9. The van der Waals surface area contributed by atoms with Gasteiger partial charge in [0, 0.05) is 32.8 Å². The first-order chi connectivity index (χ1) is 13.0. The molecule has 1 rings (SSSR count). The summed E-state index contributed by atoms with van der Waals surface area (Å²) in [5.74, 6) is 1.51. The highest BCUT2D eigenvalue weighted by atomic mass is 32.2. The van der Waals surface area contributed by atoms with Crippen molar-refractivity contribution >= 4 is 16.0 Å². The van der Waals surface area contributed by atoms with Crippen molar-refractivity contribution in [3.8, 4) is 5.75 Å². The Labute approximate surface area is 162 Å². The quantitative estimate of drug-likeness (QED) is 0.260. The second-order valence-electron chi connectivity index (χ2n) is 5.71. The second-order valence-corrected chi connectivity index (χ2v) is 7.81. The van der Waals surface area contributed by atoms with Crippen molar-refractivity contribution in [3.63, 3.8) is 0 Å². The van der Waals surface area contributed by atoms with Gasteiger partial charge >= 0.3 is 0 Å². The summed E-state index contributed by atoms with van der Waals surface area (Å²) in [5, 5.41) is 6.39. The van der Waals surface area contributed by atoms with Gasteiger partial charge in [-0.1, -0.05) is 12.1 Å². The molecule has 154 valence electrons. The molecule has 0 aliphatic carbocycles. The lowest BCUT2D eigenvalue weighted by Crippen LogP contribution is -2.42. The molecule has 3 N–H and O–H groups in total. The number of sulfonamides is 1. The van der Waals surface area contributed by atoms with E-state index in [0.29, 0.717) is 38.8 Å². The molecule has 0 bridgehead atoms. The Morgan fingerprint density at radius 3 is 2.41 bits per heavy atom. The van der Waals surface area contributed by atoms with E-state index in [1.54, 1.807) is 14.0 Å². The van der Waals surface area contributed by atoms with Crippen LogP contribution in [0.15, 0.2) is 29.3 Å². The lowest BCUT2D eigenvalue weighted by atomic mass is 10.2. The van der Waals surface area contributed by atoms with Crippen LogP contribution in [0.5, 0.6) is 5.75 Å². The number of nitrogens with zero attached hydrogens (tertiary/aromatic N) is 1. The van der Waals surface area contributed by atoms with E-state index >= 15 is 0 Å². The highest BCUT2D eigenvalue weighted by Gasteiger charge is 2.05. The average molecular weight is 401 g/mol. The molecule has 9 heteroatoms. The van der Waals surface area contributed by atoms with Crippen molar-refractivity contribution in [2.24, 2.45) is 4.99 Å². The van der Waals surface area contributed by atoms with Crippen molar-refractivity contribution in [2.75, 3.05) is 45.7 Å². The second kappa shape index (κ2) is 13.3. The number of benzene rings is 1. The highest BCUT2D eigenvalue weighted by Crippen LogP contribution is 2.11. The minimum atomic E-state index is -3.19. The summed E-state index contributed by atoms with van der Waals surface area (Å²) in [6.07, 6.45) is 0.861. The van der Waals surface area contributed by atoms with E-state index in [-0.39, 0.29) is 5.75 Å². The van der Waals surface area contributed by atoms with E-state index in [4.69, 9.17) is 9.47 Å². The van der Waals surface area contributed by atoms with E-state index in [9.17, 15) is 8.42 Å². The zero-order valence-electron chi connectivity index (χ0n) is 16.5. The fourth-order valence-corrected chi connectivity index (χ4v) is 2.71. The minimum absolute atomic E-state index is 0.0705. The van der Waals surface area contributed by atoms with Crippen molar-refractivity contribution < 1.29 is 17.9 Å². The predicted octanol–water partition coefficient (Wildman–Crippen LogP) is 1.10. The van der Waals surface area contributed by atoms with Gasteiger partial charge in [0.1, 0.15) is 5.75 Å². The van der Waals surface area contributed by atoms with Crippen LogP contribution in [0.2, 0.25) is 0 Å². The molecule has 0 heterocycles. The molecule has 0 aliphatic heterocycles. The Hall–Kier alpha value is -1.84. The monoisotopic (exact) mass is 400 g/mol. The molecule has 0 aliphatic rings. The molecule has 0 radical (unpaired) electrons. The third kappa shape index (κ3) is 10.8.